The molecule has 122 valence electrons. The fourth-order valence-corrected chi connectivity index (χ4v) is 3.43. The van der Waals surface area contributed by atoms with Gasteiger partial charge in [0.25, 0.3) is 0 Å². The van der Waals surface area contributed by atoms with Crippen LogP contribution in [0.4, 0.5) is 0 Å². The molecule has 0 aliphatic heterocycles. The van der Waals surface area contributed by atoms with E-state index in [1.807, 2.05) is 12.1 Å². The molecule has 1 aliphatic carbocycles. The van der Waals surface area contributed by atoms with Gasteiger partial charge in [0.2, 0.25) is 0 Å². The van der Waals surface area contributed by atoms with Crippen LogP contribution in [0.1, 0.15) is 35.4 Å². The van der Waals surface area contributed by atoms with Crippen LogP contribution < -0.4 is 4.74 Å². The third-order valence-corrected chi connectivity index (χ3v) is 5.01. The Kier molecular flexibility index (Phi) is 4.55. The molecule has 23 heavy (non-hydrogen) atoms. The van der Waals surface area contributed by atoms with Crippen LogP contribution in [0.5, 0.6) is 11.5 Å². The van der Waals surface area contributed by atoms with E-state index < -0.39 is 13.4 Å². The average molecular weight is 334 g/mol. The summed E-state index contributed by atoms with van der Waals surface area (Å²) in [6.45, 7) is 0. The molecule has 2 aromatic carbocycles. The number of benzene rings is 2. The molecule has 1 unspecified atom stereocenters. The first-order valence-electron chi connectivity index (χ1n) is 7.57. The molecule has 1 aliphatic rings. The highest BCUT2D eigenvalue weighted by atomic mass is 31.2. The molecule has 0 heterocycles. The van der Waals surface area contributed by atoms with E-state index in [4.69, 9.17) is 14.5 Å². The summed E-state index contributed by atoms with van der Waals surface area (Å²) in [6, 6.07) is 12.2. The number of aryl methyl sites for hydroxylation is 1. The van der Waals surface area contributed by atoms with E-state index in [2.05, 4.69) is 6.07 Å². The smallest absolute Gasteiger partial charge is 0.358 e. The van der Waals surface area contributed by atoms with Gasteiger partial charge < -0.3 is 19.6 Å². The van der Waals surface area contributed by atoms with Crippen molar-refractivity contribution in [2.24, 2.45) is 0 Å². The third-order valence-electron chi connectivity index (χ3n) is 4.08. The van der Waals surface area contributed by atoms with Gasteiger partial charge in [0.15, 0.2) is 5.85 Å². The zero-order chi connectivity index (χ0) is 16.4. The second-order valence-corrected chi connectivity index (χ2v) is 7.40. The molecule has 6 heteroatoms. The van der Waals surface area contributed by atoms with Gasteiger partial charge in [0.1, 0.15) is 11.5 Å². The van der Waals surface area contributed by atoms with E-state index in [1.165, 1.54) is 29.7 Å². The van der Waals surface area contributed by atoms with Crippen molar-refractivity contribution in [2.75, 3.05) is 0 Å². The van der Waals surface area contributed by atoms with Crippen molar-refractivity contribution in [2.45, 2.75) is 31.5 Å². The van der Waals surface area contributed by atoms with Gasteiger partial charge in [-0.25, -0.2) is 0 Å². The van der Waals surface area contributed by atoms with Crippen LogP contribution in [-0.4, -0.2) is 14.9 Å². The summed E-state index contributed by atoms with van der Waals surface area (Å²) < 4.78 is 17.0. The first-order chi connectivity index (χ1) is 10.9. The molecule has 0 bridgehead atoms. The van der Waals surface area contributed by atoms with E-state index in [9.17, 15) is 9.67 Å². The zero-order valence-electron chi connectivity index (χ0n) is 12.6. The molecule has 0 radical (unpaired) electrons. The summed E-state index contributed by atoms with van der Waals surface area (Å²) in [6.07, 6.45) is 4.42. The number of aliphatic hydroxyl groups is 1. The highest BCUT2D eigenvalue weighted by Crippen LogP contribution is 2.49. The van der Waals surface area contributed by atoms with Gasteiger partial charge in [0.05, 0.1) is 0 Å². The Balaban J connectivity index is 1.81. The predicted molar refractivity (Wildman–Crippen MR) is 86.6 cm³/mol. The molecular weight excluding hydrogens is 315 g/mol. The summed E-state index contributed by atoms with van der Waals surface area (Å²) in [5, 5.41) is 9.59. The highest BCUT2D eigenvalue weighted by molar-refractivity contribution is 7.51. The molecular formula is C17H19O5P. The zero-order valence-corrected chi connectivity index (χ0v) is 13.4. The van der Waals surface area contributed by atoms with Crippen LogP contribution in [0.25, 0.3) is 0 Å². The molecule has 0 aromatic heterocycles. The monoisotopic (exact) mass is 334 g/mol. The largest absolute Gasteiger partial charge is 0.457 e. The lowest BCUT2D eigenvalue weighted by molar-refractivity contribution is 0.205. The van der Waals surface area contributed by atoms with E-state index >= 15 is 0 Å². The van der Waals surface area contributed by atoms with Crippen LogP contribution >= 0.6 is 7.60 Å². The van der Waals surface area contributed by atoms with Gasteiger partial charge in [-0.15, -0.1) is 0 Å². The highest BCUT2D eigenvalue weighted by Gasteiger charge is 2.27. The summed E-state index contributed by atoms with van der Waals surface area (Å²) >= 11 is 0. The summed E-state index contributed by atoms with van der Waals surface area (Å²) in [7, 11) is -4.56. The minimum Gasteiger partial charge on any atom is -0.457 e. The van der Waals surface area contributed by atoms with Crippen molar-refractivity contribution in [1.29, 1.82) is 0 Å². The summed E-state index contributed by atoms with van der Waals surface area (Å²) in [5.41, 5.74) is 2.72. The Hall–Kier alpha value is -1.65. The minimum absolute atomic E-state index is 0.167. The van der Waals surface area contributed by atoms with Crippen LogP contribution in [0.2, 0.25) is 0 Å². The lowest BCUT2D eigenvalue weighted by Crippen LogP contribution is -2.04. The molecule has 0 amide bonds. The number of hydrogen-bond donors (Lipinski definition) is 3. The van der Waals surface area contributed by atoms with Crippen LogP contribution in [0, 0.1) is 0 Å². The molecule has 2 aromatic rings. The Bertz CT molecular complexity index is 735. The minimum atomic E-state index is -4.56. The molecule has 1 atom stereocenters. The second kappa shape index (κ2) is 6.46. The Morgan fingerprint density at radius 1 is 1.00 bits per heavy atom. The van der Waals surface area contributed by atoms with Crippen molar-refractivity contribution in [1.82, 2.24) is 0 Å². The molecule has 0 saturated carbocycles. The maximum atomic E-state index is 11.1. The number of hydrogen-bond acceptors (Lipinski definition) is 3. The summed E-state index contributed by atoms with van der Waals surface area (Å²) in [4.78, 5) is 18.0. The van der Waals surface area contributed by atoms with E-state index in [0.717, 1.165) is 25.0 Å². The van der Waals surface area contributed by atoms with Gasteiger partial charge >= 0.3 is 7.60 Å². The SMILES string of the molecule is O=P(O)(O)C(O)c1ccc(Oc2cccc3c2CCCC3)cc1. The van der Waals surface area contributed by atoms with Gasteiger partial charge in [-0.3, -0.25) is 4.57 Å². The number of fused-ring (bicyclic) bond motifs is 1. The predicted octanol–water partition coefficient (Wildman–Crippen LogP) is 3.53. The normalized spacial score (nSPS) is 15.8. The van der Waals surface area contributed by atoms with E-state index in [-0.39, 0.29) is 5.56 Å². The van der Waals surface area contributed by atoms with Crippen molar-refractivity contribution >= 4 is 7.60 Å². The molecule has 0 spiro atoms. The van der Waals surface area contributed by atoms with Crippen molar-refractivity contribution in [3.8, 4) is 11.5 Å². The van der Waals surface area contributed by atoms with Crippen molar-refractivity contribution in [3.05, 3.63) is 59.2 Å². The third kappa shape index (κ3) is 3.65. The summed E-state index contributed by atoms with van der Waals surface area (Å²) in [5.74, 6) is -0.405. The van der Waals surface area contributed by atoms with Crippen molar-refractivity contribution < 1.29 is 24.2 Å². The molecule has 0 saturated heterocycles. The van der Waals surface area contributed by atoms with Crippen LogP contribution in [0.15, 0.2) is 42.5 Å². The van der Waals surface area contributed by atoms with Gasteiger partial charge in [0, 0.05) is 0 Å². The first kappa shape index (κ1) is 16.2. The molecule has 0 fully saturated rings. The molecule has 3 rings (SSSR count). The number of rotatable bonds is 4. The Labute approximate surface area is 134 Å². The lowest BCUT2D eigenvalue weighted by atomic mass is 9.91. The second-order valence-electron chi connectivity index (χ2n) is 5.73. The number of ether oxygens (including phenoxy) is 1. The Morgan fingerprint density at radius 2 is 1.70 bits per heavy atom. The lowest BCUT2D eigenvalue weighted by Gasteiger charge is -2.19. The molecule has 5 nitrogen and oxygen atoms in total. The van der Waals surface area contributed by atoms with Gasteiger partial charge in [-0.2, -0.15) is 0 Å². The van der Waals surface area contributed by atoms with Crippen LogP contribution in [0.3, 0.4) is 0 Å². The molecule has 3 N–H and O–H groups in total. The van der Waals surface area contributed by atoms with E-state index in [1.54, 1.807) is 12.1 Å². The fraction of sp³-hybridized carbons (Fsp3) is 0.294. The topological polar surface area (TPSA) is 87.0 Å². The van der Waals surface area contributed by atoms with E-state index in [0.29, 0.717) is 5.75 Å². The quantitative estimate of drug-likeness (QED) is 0.745. The maximum Gasteiger partial charge on any atom is 0.358 e. The standard InChI is InChI=1S/C17H19O5P/c18-17(23(19,20)21)13-8-10-14(11-9-13)22-16-7-3-5-12-4-1-2-6-15(12)16/h3,5,7-11,17-18H,1-2,4,6H2,(H2,19,20,21). The van der Waals surface area contributed by atoms with Gasteiger partial charge in [-0.05, 0) is 60.6 Å². The van der Waals surface area contributed by atoms with Crippen LogP contribution in [-0.2, 0) is 17.4 Å². The maximum absolute atomic E-state index is 11.1. The number of aliphatic hydroxyl groups excluding tert-OH is 1. The Morgan fingerprint density at radius 3 is 2.39 bits per heavy atom. The average Bonchev–Trinajstić information content (AvgIpc) is 2.54. The fourth-order valence-electron chi connectivity index (χ4n) is 2.87. The van der Waals surface area contributed by atoms with Gasteiger partial charge in [-0.1, -0.05) is 24.3 Å². The first-order valence-corrected chi connectivity index (χ1v) is 9.25. The van der Waals surface area contributed by atoms with Crippen molar-refractivity contribution in [3.63, 3.8) is 0 Å².